The highest BCUT2D eigenvalue weighted by molar-refractivity contribution is 6.30. The second-order valence-electron chi connectivity index (χ2n) is 13.7. The van der Waals surface area contributed by atoms with E-state index in [2.05, 4.69) is 21.8 Å². The van der Waals surface area contributed by atoms with Crippen LogP contribution in [0, 0.1) is 5.41 Å². The lowest BCUT2D eigenvalue weighted by atomic mass is 9.80. The van der Waals surface area contributed by atoms with E-state index in [1.165, 1.54) is 6.33 Å². The first-order valence-corrected chi connectivity index (χ1v) is 15.7. The van der Waals surface area contributed by atoms with E-state index in [0.29, 0.717) is 69.5 Å². The number of piperazine rings is 1. The maximum absolute atomic E-state index is 14.6. The van der Waals surface area contributed by atoms with E-state index in [4.69, 9.17) is 21.1 Å². The molecule has 10 nitrogen and oxygen atoms in total. The number of amides is 2. The van der Waals surface area contributed by atoms with Crippen LogP contribution in [0.25, 0.3) is 0 Å². The molecule has 2 aromatic rings. The van der Waals surface area contributed by atoms with Gasteiger partial charge in [0.2, 0.25) is 5.91 Å². The molecule has 1 aromatic carbocycles. The first-order valence-electron chi connectivity index (χ1n) is 15.3. The number of halogens is 1. The van der Waals surface area contributed by atoms with Crippen molar-refractivity contribution in [1.29, 1.82) is 0 Å². The number of rotatable bonds is 4. The minimum Gasteiger partial charge on any atom is -0.444 e. The van der Waals surface area contributed by atoms with E-state index in [-0.39, 0.29) is 23.3 Å². The first kappa shape index (κ1) is 30.1. The Labute approximate surface area is 258 Å². The van der Waals surface area contributed by atoms with Gasteiger partial charge in [0.15, 0.2) is 0 Å². The molecule has 1 unspecified atom stereocenters. The Morgan fingerprint density at radius 1 is 1.14 bits per heavy atom. The first-order chi connectivity index (χ1) is 20.4. The summed E-state index contributed by atoms with van der Waals surface area (Å²) in [6.45, 7) is 11.7. The Morgan fingerprint density at radius 3 is 2.51 bits per heavy atom. The number of fused-ring (bicyclic) bond motifs is 1. The molecule has 1 spiro atoms. The molecule has 4 heterocycles. The van der Waals surface area contributed by atoms with Gasteiger partial charge in [-0.25, -0.2) is 14.8 Å². The van der Waals surface area contributed by atoms with Gasteiger partial charge in [-0.05, 0) is 63.6 Å². The summed E-state index contributed by atoms with van der Waals surface area (Å²) in [5.74, 6) is 0.441. The fraction of sp³-hybridized carbons (Fsp3) is 0.625. The van der Waals surface area contributed by atoms with Crippen LogP contribution in [0.1, 0.15) is 81.7 Å². The molecule has 1 aliphatic carbocycles. The maximum Gasteiger partial charge on any atom is 0.410 e. The van der Waals surface area contributed by atoms with Gasteiger partial charge < -0.3 is 29.3 Å². The molecule has 3 fully saturated rings. The van der Waals surface area contributed by atoms with Crippen LogP contribution in [-0.4, -0.2) is 94.5 Å². The summed E-state index contributed by atoms with van der Waals surface area (Å²) in [5, 5.41) is 11.1. The highest BCUT2D eigenvalue weighted by atomic mass is 35.5. The normalized spacial score (nSPS) is 28.0. The third kappa shape index (κ3) is 5.93. The molecule has 2 amide bonds. The molecule has 4 aliphatic rings. The lowest BCUT2D eigenvalue weighted by molar-refractivity contribution is -0.134. The summed E-state index contributed by atoms with van der Waals surface area (Å²) < 4.78 is 11.7. The second kappa shape index (κ2) is 11.5. The van der Waals surface area contributed by atoms with E-state index in [1.54, 1.807) is 4.90 Å². The molecule has 1 N–H and O–H groups in total. The lowest BCUT2D eigenvalue weighted by Gasteiger charge is -2.40. The van der Waals surface area contributed by atoms with E-state index in [9.17, 15) is 14.7 Å². The highest BCUT2D eigenvalue weighted by Crippen LogP contribution is 2.47. The van der Waals surface area contributed by atoms with Crippen molar-refractivity contribution >= 4 is 29.4 Å². The minimum atomic E-state index is -0.658. The minimum absolute atomic E-state index is 0.00629. The number of hydrogen-bond acceptors (Lipinski definition) is 8. The standard InChI is InChI=1S/C32H42ClN5O5/c1-20-15-24(39)27-25(20)28(35-19-34-27)36-10-12-37(13-11-36)29(40)26(21-5-7-22(33)8-6-21)23-16-32(9-14-42-18-32)17-38(23)30(41)43-31(2,3)4/h5-8,19-20,23-24,26,39H,9-18H2,1-4H3/t20-,23+,24-,26+,32?/m1/s1. The van der Waals surface area contributed by atoms with Crippen LogP contribution in [0.5, 0.6) is 0 Å². The van der Waals surface area contributed by atoms with Gasteiger partial charge in [-0.1, -0.05) is 30.7 Å². The van der Waals surface area contributed by atoms with Crippen LogP contribution >= 0.6 is 11.6 Å². The quantitative estimate of drug-likeness (QED) is 0.538. The fourth-order valence-corrected chi connectivity index (χ4v) is 7.47. The Hall–Kier alpha value is -2.95. The molecule has 3 saturated heterocycles. The second-order valence-corrected chi connectivity index (χ2v) is 14.1. The molecule has 1 aromatic heterocycles. The number of aromatic nitrogens is 2. The molecule has 232 valence electrons. The molecule has 0 saturated carbocycles. The summed E-state index contributed by atoms with van der Waals surface area (Å²) in [6.07, 6.45) is 2.72. The van der Waals surface area contributed by atoms with Gasteiger partial charge in [0.25, 0.3) is 0 Å². The van der Waals surface area contributed by atoms with Crippen molar-refractivity contribution in [3.63, 3.8) is 0 Å². The third-order valence-electron chi connectivity index (χ3n) is 9.41. The van der Waals surface area contributed by atoms with Crippen LogP contribution in [0.2, 0.25) is 5.02 Å². The van der Waals surface area contributed by atoms with Crippen LogP contribution in [0.15, 0.2) is 30.6 Å². The predicted octanol–water partition coefficient (Wildman–Crippen LogP) is 4.52. The molecule has 0 radical (unpaired) electrons. The van der Waals surface area contributed by atoms with Crippen molar-refractivity contribution in [2.24, 2.45) is 5.41 Å². The molecular formula is C32H42ClN5O5. The van der Waals surface area contributed by atoms with Crippen molar-refractivity contribution < 1.29 is 24.2 Å². The van der Waals surface area contributed by atoms with Crippen LogP contribution in [0.4, 0.5) is 10.6 Å². The van der Waals surface area contributed by atoms with Gasteiger partial charge in [-0.15, -0.1) is 0 Å². The third-order valence-corrected chi connectivity index (χ3v) is 9.66. The summed E-state index contributed by atoms with van der Waals surface area (Å²) in [6, 6.07) is 7.04. The van der Waals surface area contributed by atoms with Gasteiger partial charge in [0.1, 0.15) is 17.7 Å². The summed E-state index contributed by atoms with van der Waals surface area (Å²) >= 11 is 6.26. The van der Waals surface area contributed by atoms with Gasteiger partial charge in [-0.2, -0.15) is 0 Å². The molecule has 0 bridgehead atoms. The number of carbonyl (C=O) groups excluding carboxylic acids is 2. The fourth-order valence-electron chi connectivity index (χ4n) is 7.34. The molecule has 5 atom stereocenters. The lowest BCUT2D eigenvalue weighted by Crippen LogP contribution is -2.53. The SMILES string of the molecule is C[C@@H]1C[C@@H](O)c2ncnc(N3CCN(C(=O)[C@@H](c4ccc(Cl)cc4)[C@@H]4CC5(CCOC5)CN4C(=O)OC(C)(C)C)CC3)c21. The largest absolute Gasteiger partial charge is 0.444 e. The van der Waals surface area contributed by atoms with Gasteiger partial charge in [0, 0.05) is 55.3 Å². The van der Waals surface area contributed by atoms with Crippen LogP contribution in [-0.2, 0) is 14.3 Å². The van der Waals surface area contributed by atoms with Crippen molar-refractivity contribution in [3.05, 3.63) is 52.4 Å². The number of likely N-dealkylation sites (tertiary alicyclic amines) is 1. The molecular weight excluding hydrogens is 570 g/mol. The van der Waals surface area contributed by atoms with Gasteiger partial charge in [0.05, 0.1) is 30.4 Å². The Balaban J connectivity index is 1.27. The van der Waals surface area contributed by atoms with Gasteiger partial charge >= 0.3 is 6.09 Å². The van der Waals surface area contributed by atoms with Crippen LogP contribution in [0.3, 0.4) is 0 Å². The Kier molecular flexibility index (Phi) is 8.06. The Bertz CT molecular complexity index is 1350. The zero-order valence-corrected chi connectivity index (χ0v) is 26.2. The summed E-state index contributed by atoms with van der Waals surface area (Å²) in [5.41, 5.74) is 1.71. The number of aliphatic hydroxyl groups excluding tert-OH is 1. The van der Waals surface area contributed by atoms with E-state index in [1.807, 2.05) is 49.9 Å². The molecule has 3 aliphatic heterocycles. The van der Waals surface area contributed by atoms with E-state index >= 15 is 0 Å². The smallest absolute Gasteiger partial charge is 0.410 e. The molecule has 6 rings (SSSR count). The number of anilines is 1. The number of carbonyl (C=O) groups is 2. The van der Waals surface area contributed by atoms with Gasteiger partial charge in [-0.3, -0.25) is 4.79 Å². The molecule has 11 heteroatoms. The maximum atomic E-state index is 14.6. The Morgan fingerprint density at radius 2 is 1.86 bits per heavy atom. The van der Waals surface area contributed by atoms with Crippen molar-refractivity contribution in [2.75, 3.05) is 50.8 Å². The van der Waals surface area contributed by atoms with Crippen molar-refractivity contribution in [3.8, 4) is 0 Å². The van der Waals surface area contributed by atoms with Crippen LogP contribution < -0.4 is 4.90 Å². The zero-order chi connectivity index (χ0) is 30.5. The molecule has 43 heavy (non-hydrogen) atoms. The average molecular weight is 612 g/mol. The zero-order valence-electron chi connectivity index (χ0n) is 25.5. The summed E-state index contributed by atoms with van der Waals surface area (Å²) in [4.78, 5) is 43.0. The highest BCUT2D eigenvalue weighted by Gasteiger charge is 2.53. The average Bonchev–Trinajstić information content (AvgIpc) is 3.67. The predicted molar refractivity (Wildman–Crippen MR) is 162 cm³/mol. The van der Waals surface area contributed by atoms with Crippen molar-refractivity contribution in [1.82, 2.24) is 19.8 Å². The number of aliphatic hydroxyl groups is 1. The number of ether oxygens (including phenoxy) is 2. The topological polar surface area (TPSA) is 108 Å². The number of nitrogens with zero attached hydrogens (tertiary/aromatic N) is 5. The monoisotopic (exact) mass is 611 g/mol. The number of benzene rings is 1. The summed E-state index contributed by atoms with van der Waals surface area (Å²) in [7, 11) is 0. The van der Waals surface area contributed by atoms with E-state index in [0.717, 1.165) is 23.4 Å². The van der Waals surface area contributed by atoms with E-state index < -0.39 is 23.7 Å². The van der Waals surface area contributed by atoms with Crippen molar-refractivity contribution in [2.45, 2.75) is 76.5 Å². The number of hydrogen-bond donors (Lipinski definition) is 1.